The number of aromatic nitrogens is 1. The van der Waals surface area contributed by atoms with Crippen molar-refractivity contribution in [2.45, 2.75) is 6.92 Å². The van der Waals surface area contributed by atoms with Gasteiger partial charge < -0.3 is 10.4 Å². The van der Waals surface area contributed by atoms with E-state index in [4.69, 9.17) is 5.11 Å². The Morgan fingerprint density at radius 1 is 1.50 bits per heavy atom. The number of rotatable bonds is 3. The average molecular weight is 266 g/mol. The first-order valence-corrected chi connectivity index (χ1v) is 6.03. The Morgan fingerprint density at radius 2 is 2.22 bits per heavy atom. The smallest absolute Gasteiger partial charge is 0.348 e. The molecule has 0 fully saturated rings. The zero-order chi connectivity index (χ0) is 13.3. The van der Waals surface area contributed by atoms with Crippen molar-refractivity contribution < 1.29 is 14.3 Å². The molecular formula is C12H11FN2O2S. The maximum absolute atomic E-state index is 13.2. The van der Waals surface area contributed by atoms with Crippen LogP contribution in [0, 0.1) is 12.7 Å². The minimum atomic E-state index is -1.04. The predicted molar refractivity (Wildman–Crippen MR) is 68.8 cm³/mol. The molecule has 6 heteroatoms. The van der Waals surface area contributed by atoms with Crippen LogP contribution in [0.15, 0.2) is 18.2 Å². The maximum atomic E-state index is 13.2. The molecule has 0 saturated heterocycles. The maximum Gasteiger partial charge on any atom is 0.348 e. The van der Waals surface area contributed by atoms with E-state index in [0.717, 1.165) is 11.3 Å². The summed E-state index contributed by atoms with van der Waals surface area (Å²) < 4.78 is 13.2. The molecule has 0 aliphatic rings. The molecule has 0 atom stereocenters. The van der Waals surface area contributed by atoms with E-state index in [-0.39, 0.29) is 10.7 Å². The number of hydrogen-bond acceptors (Lipinski definition) is 4. The van der Waals surface area contributed by atoms with Gasteiger partial charge in [-0.05, 0) is 30.7 Å². The molecule has 0 unspecified atom stereocenters. The summed E-state index contributed by atoms with van der Waals surface area (Å²) in [5.74, 6) is -1.36. The molecule has 1 aromatic heterocycles. The third-order valence-corrected chi connectivity index (χ3v) is 3.53. The zero-order valence-corrected chi connectivity index (χ0v) is 10.6. The highest BCUT2D eigenvalue weighted by molar-refractivity contribution is 7.17. The molecule has 2 rings (SSSR count). The van der Waals surface area contributed by atoms with Gasteiger partial charge in [-0.1, -0.05) is 11.3 Å². The van der Waals surface area contributed by atoms with Gasteiger partial charge in [0.05, 0.1) is 5.69 Å². The molecule has 0 aliphatic heterocycles. The topological polar surface area (TPSA) is 62.2 Å². The number of carbonyl (C=O) groups is 1. The summed E-state index contributed by atoms with van der Waals surface area (Å²) in [6, 6.07) is 4.44. The Hall–Kier alpha value is -1.95. The highest BCUT2D eigenvalue weighted by Crippen LogP contribution is 2.31. The third-order valence-electron chi connectivity index (χ3n) is 2.47. The Labute approximate surface area is 107 Å². The van der Waals surface area contributed by atoms with Crippen LogP contribution in [0.25, 0.3) is 11.3 Å². The summed E-state index contributed by atoms with van der Waals surface area (Å²) in [5.41, 5.74) is 1.42. The van der Waals surface area contributed by atoms with E-state index < -0.39 is 5.97 Å². The van der Waals surface area contributed by atoms with Crippen molar-refractivity contribution in [2.75, 3.05) is 12.4 Å². The largest absolute Gasteiger partial charge is 0.477 e. The van der Waals surface area contributed by atoms with Crippen LogP contribution in [0.1, 0.15) is 15.2 Å². The summed E-state index contributed by atoms with van der Waals surface area (Å²) in [7, 11) is 1.67. The molecule has 2 aromatic rings. The van der Waals surface area contributed by atoms with Gasteiger partial charge >= 0.3 is 5.97 Å². The lowest BCUT2D eigenvalue weighted by molar-refractivity contribution is 0.0702. The summed E-state index contributed by atoms with van der Waals surface area (Å²) >= 11 is 1.06. The Balaban J connectivity index is 2.58. The second-order valence-electron chi connectivity index (χ2n) is 3.72. The second-order valence-corrected chi connectivity index (χ2v) is 4.71. The Bertz CT molecular complexity index is 610. The Kier molecular flexibility index (Phi) is 3.29. The summed E-state index contributed by atoms with van der Waals surface area (Å²) in [6.45, 7) is 1.63. The summed E-state index contributed by atoms with van der Waals surface area (Å²) in [4.78, 5) is 15.5. The number of halogens is 1. The fraction of sp³-hybridized carbons (Fsp3) is 0.167. The molecule has 0 radical (unpaired) electrons. The molecule has 4 nitrogen and oxygen atoms in total. The van der Waals surface area contributed by atoms with Crippen LogP contribution < -0.4 is 5.32 Å². The van der Waals surface area contributed by atoms with Gasteiger partial charge in [-0.15, -0.1) is 0 Å². The lowest BCUT2D eigenvalue weighted by atomic mass is 10.1. The molecule has 2 N–H and O–H groups in total. The standard InChI is InChI=1S/C12H11FN2O2S/c1-6-5-7(3-4-8(6)13)9-10(11(16)17)18-12(14-2)15-9/h3-5H,1-2H3,(H,14,15)(H,16,17). The van der Waals surface area contributed by atoms with E-state index in [1.165, 1.54) is 12.1 Å². The van der Waals surface area contributed by atoms with Crippen LogP contribution in [-0.4, -0.2) is 23.1 Å². The quantitative estimate of drug-likeness (QED) is 0.896. The number of hydrogen-bond donors (Lipinski definition) is 2. The number of carboxylic acids is 1. The van der Waals surface area contributed by atoms with Crippen LogP contribution in [0.3, 0.4) is 0 Å². The average Bonchev–Trinajstić information content (AvgIpc) is 2.77. The van der Waals surface area contributed by atoms with Crippen LogP contribution >= 0.6 is 11.3 Å². The van der Waals surface area contributed by atoms with Gasteiger partial charge in [0.1, 0.15) is 10.7 Å². The van der Waals surface area contributed by atoms with Crippen molar-refractivity contribution in [3.63, 3.8) is 0 Å². The molecule has 0 saturated carbocycles. The minimum Gasteiger partial charge on any atom is -0.477 e. The molecule has 1 aromatic carbocycles. The van der Waals surface area contributed by atoms with Crippen LogP contribution in [0.5, 0.6) is 0 Å². The van der Waals surface area contributed by atoms with Crippen LogP contribution in [0.2, 0.25) is 0 Å². The molecule has 1 heterocycles. The van der Waals surface area contributed by atoms with Crippen molar-refractivity contribution in [1.82, 2.24) is 4.98 Å². The highest BCUT2D eigenvalue weighted by atomic mass is 32.1. The van der Waals surface area contributed by atoms with E-state index in [9.17, 15) is 9.18 Å². The van der Waals surface area contributed by atoms with Gasteiger partial charge in [0, 0.05) is 12.6 Å². The van der Waals surface area contributed by atoms with Crippen LogP contribution in [-0.2, 0) is 0 Å². The van der Waals surface area contributed by atoms with Gasteiger partial charge in [0.15, 0.2) is 5.13 Å². The van der Waals surface area contributed by atoms with E-state index in [2.05, 4.69) is 10.3 Å². The number of anilines is 1. The van der Waals surface area contributed by atoms with E-state index in [0.29, 0.717) is 22.0 Å². The molecule has 0 spiro atoms. The third kappa shape index (κ3) is 2.19. The van der Waals surface area contributed by atoms with Gasteiger partial charge in [0.2, 0.25) is 0 Å². The number of nitrogens with zero attached hydrogens (tertiary/aromatic N) is 1. The summed E-state index contributed by atoms with van der Waals surface area (Å²) in [5, 5.41) is 12.5. The second kappa shape index (κ2) is 4.73. The lowest BCUT2D eigenvalue weighted by Crippen LogP contribution is -1.96. The van der Waals surface area contributed by atoms with Crippen molar-refractivity contribution in [3.05, 3.63) is 34.5 Å². The Morgan fingerprint density at radius 3 is 2.78 bits per heavy atom. The zero-order valence-electron chi connectivity index (χ0n) is 9.82. The highest BCUT2D eigenvalue weighted by Gasteiger charge is 2.18. The normalized spacial score (nSPS) is 10.4. The molecule has 0 bridgehead atoms. The monoisotopic (exact) mass is 266 g/mol. The molecule has 94 valence electrons. The lowest BCUT2D eigenvalue weighted by Gasteiger charge is -2.01. The fourth-order valence-electron chi connectivity index (χ4n) is 1.56. The first kappa shape index (κ1) is 12.5. The first-order chi connectivity index (χ1) is 8.52. The van der Waals surface area contributed by atoms with Gasteiger partial charge in [-0.2, -0.15) is 0 Å². The number of aromatic carboxylic acids is 1. The first-order valence-electron chi connectivity index (χ1n) is 5.21. The van der Waals surface area contributed by atoms with Gasteiger partial charge in [-0.3, -0.25) is 0 Å². The molecule has 0 amide bonds. The van der Waals surface area contributed by atoms with Gasteiger partial charge in [0.25, 0.3) is 0 Å². The van der Waals surface area contributed by atoms with E-state index in [1.54, 1.807) is 20.0 Å². The van der Waals surface area contributed by atoms with Crippen molar-refractivity contribution in [3.8, 4) is 11.3 Å². The summed E-state index contributed by atoms with van der Waals surface area (Å²) in [6.07, 6.45) is 0. The molecule has 0 aliphatic carbocycles. The molecule has 18 heavy (non-hydrogen) atoms. The number of nitrogens with one attached hydrogen (secondary N) is 1. The number of aryl methyl sites for hydroxylation is 1. The van der Waals surface area contributed by atoms with Crippen molar-refractivity contribution >= 4 is 22.4 Å². The number of benzene rings is 1. The van der Waals surface area contributed by atoms with Crippen molar-refractivity contribution in [1.29, 1.82) is 0 Å². The van der Waals surface area contributed by atoms with E-state index >= 15 is 0 Å². The van der Waals surface area contributed by atoms with E-state index in [1.807, 2.05) is 0 Å². The molecular weight excluding hydrogens is 255 g/mol. The minimum absolute atomic E-state index is 0.144. The fourth-order valence-corrected chi connectivity index (χ4v) is 2.34. The SMILES string of the molecule is CNc1nc(-c2ccc(F)c(C)c2)c(C(=O)O)s1. The van der Waals surface area contributed by atoms with Crippen molar-refractivity contribution in [2.24, 2.45) is 0 Å². The predicted octanol–water partition coefficient (Wildman–Crippen LogP) is 3.00. The number of carboxylic acid groups (broad SMARTS) is 1. The van der Waals surface area contributed by atoms with Crippen LogP contribution in [0.4, 0.5) is 9.52 Å². The number of thiazole rings is 1. The van der Waals surface area contributed by atoms with Gasteiger partial charge in [-0.25, -0.2) is 14.2 Å².